The summed E-state index contributed by atoms with van der Waals surface area (Å²) >= 11 is 6.19. The highest BCUT2D eigenvalue weighted by molar-refractivity contribution is 6.33. The number of hydrogen-bond donors (Lipinski definition) is 0. The van der Waals surface area contributed by atoms with E-state index in [9.17, 15) is 14.9 Å². The maximum Gasteiger partial charge on any atom is 0.294 e. The van der Waals surface area contributed by atoms with Gasteiger partial charge in [0.25, 0.3) is 5.69 Å². The van der Waals surface area contributed by atoms with Crippen LogP contribution in [0.5, 0.6) is 0 Å². The molecule has 1 saturated heterocycles. The molecule has 1 heterocycles. The van der Waals surface area contributed by atoms with Crippen LogP contribution < -0.4 is 4.90 Å². The van der Waals surface area contributed by atoms with Gasteiger partial charge in [-0.1, -0.05) is 48.0 Å². The van der Waals surface area contributed by atoms with Gasteiger partial charge in [0.15, 0.2) is 0 Å². The molecule has 2 aromatic rings. The number of amides is 1. The minimum absolute atomic E-state index is 0.0127. The Morgan fingerprint density at radius 2 is 1.73 bits per heavy atom. The molecule has 0 radical (unpaired) electrons. The molecule has 0 N–H and O–H groups in total. The van der Waals surface area contributed by atoms with Gasteiger partial charge in [0.2, 0.25) is 5.91 Å². The Hall–Kier alpha value is -2.86. The summed E-state index contributed by atoms with van der Waals surface area (Å²) in [7, 11) is 0. The third kappa shape index (κ3) is 4.03. The first kappa shape index (κ1) is 17.9. The number of nitrogens with zero attached hydrogens (tertiary/aromatic N) is 3. The number of hydrogen-bond acceptors (Lipinski definition) is 4. The average molecular weight is 372 g/mol. The van der Waals surface area contributed by atoms with Gasteiger partial charge in [-0.25, -0.2) is 0 Å². The summed E-state index contributed by atoms with van der Waals surface area (Å²) in [4.78, 5) is 26.8. The SMILES string of the molecule is O=C(C=Cc1ccccc1)N1CCN(c2c(Cl)cccc2[N+](=O)[O-])CC1. The van der Waals surface area contributed by atoms with Crippen molar-refractivity contribution >= 4 is 35.0 Å². The smallest absolute Gasteiger partial charge is 0.294 e. The van der Waals surface area contributed by atoms with E-state index in [1.807, 2.05) is 35.2 Å². The van der Waals surface area contributed by atoms with Gasteiger partial charge in [0, 0.05) is 38.3 Å². The van der Waals surface area contributed by atoms with Crippen molar-refractivity contribution in [1.82, 2.24) is 4.90 Å². The minimum Gasteiger partial charge on any atom is -0.361 e. The lowest BCUT2D eigenvalue weighted by Gasteiger charge is -2.35. The molecule has 0 aliphatic carbocycles. The first-order valence-corrected chi connectivity index (χ1v) is 8.64. The highest BCUT2D eigenvalue weighted by atomic mass is 35.5. The van der Waals surface area contributed by atoms with Gasteiger partial charge in [0.05, 0.1) is 9.95 Å². The summed E-state index contributed by atoms with van der Waals surface area (Å²) in [5.41, 5.74) is 1.37. The van der Waals surface area contributed by atoms with Crippen molar-refractivity contribution in [3.8, 4) is 0 Å². The van der Waals surface area contributed by atoms with Gasteiger partial charge in [-0.05, 0) is 17.7 Å². The second-order valence-corrected chi connectivity index (χ2v) is 6.33. The summed E-state index contributed by atoms with van der Waals surface area (Å²) in [5.74, 6) is -0.0674. The van der Waals surface area contributed by atoms with Crippen LogP contribution in [0.1, 0.15) is 5.56 Å². The molecule has 0 unspecified atom stereocenters. The lowest BCUT2D eigenvalue weighted by atomic mass is 10.2. The third-order valence-corrected chi connectivity index (χ3v) is 4.59. The molecule has 0 saturated carbocycles. The van der Waals surface area contributed by atoms with Gasteiger partial charge in [-0.3, -0.25) is 14.9 Å². The highest BCUT2D eigenvalue weighted by Gasteiger charge is 2.27. The second-order valence-electron chi connectivity index (χ2n) is 5.92. The van der Waals surface area contributed by atoms with E-state index in [4.69, 9.17) is 11.6 Å². The fraction of sp³-hybridized carbons (Fsp3) is 0.211. The molecule has 3 rings (SSSR count). The van der Waals surface area contributed by atoms with Crippen LogP contribution in [0.25, 0.3) is 6.08 Å². The lowest BCUT2D eigenvalue weighted by Crippen LogP contribution is -2.48. The van der Waals surface area contributed by atoms with Crippen molar-refractivity contribution in [3.63, 3.8) is 0 Å². The number of carbonyl (C=O) groups excluding carboxylic acids is 1. The van der Waals surface area contributed by atoms with Crippen LogP contribution in [-0.2, 0) is 4.79 Å². The summed E-state index contributed by atoms with van der Waals surface area (Å²) < 4.78 is 0. The third-order valence-electron chi connectivity index (χ3n) is 4.29. The van der Waals surface area contributed by atoms with Crippen molar-refractivity contribution in [2.24, 2.45) is 0 Å². The molecule has 1 aliphatic rings. The van der Waals surface area contributed by atoms with Gasteiger partial charge in [-0.2, -0.15) is 0 Å². The Kier molecular flexibility index (Phi) is 5.53. The van der Waals surface area contributed by atoms with Crippen LogP contribution in [0.15, 0.2) is 54.6 Å². The molecule has 0 atom stereocenters. The molecule has 1 fully saturated rings. The molecule has 6 nitrogen and oxygen atoms in total. The minimum atomic E-state index is -0.429. The van der Waals surface area contributed by atoms with E-state index in [1.165, 1.54) is 6.07 Å². The number of piperazine rings is 1. The largest absolute Gasteiger partial charge is 0.361 e. The van der Waals surface area contributed by atoms with Crippen LogP contribution in [-0.4, -0.2) is 41.9 Å². The Morgan fingerprint density at radius 3 is 2.38 bits per heavy atom. The number of nitro benzene ring substituents is 1. The standard InChI is InChI=1S/C19H18ClN3O3/c20-16-7-4-8-17(23(25)26)19(16)22-13-11-21(12-14-22)18(24)10-9-15-5-2-1-3-6-15/h1-10H,11-14H2. The Labute approximate surface area is 156 Å². The normalized spacial score (nSPS) is 14.7. The highest BCUT2D eigenvalue weighted by Crippen LogP contribution is 2.35. The molecule has 134 valence electrons. The van der Waals surface area contributed by atoms with Crippen molar-refractivity contribution in [2.75, 3.05) is 31.1 Å². The predicted molar refractivity (Wildman–Crippen MR) is 102 cm³/mol. The molecular formula is C19H18ClN3O3. The maximum atomic E-state index is 12.3. The van der Waals surface area contributed by atoms with Crippen molar-refractivity contribution in [1.29, 1.82) is 0 Å². The van der Waals surface area contributed by atoms with Crippen LogP contribution in [0.2, 0.25) is 5.02 Å². The van der Waals surface area contributed by atoms with Gasteiger partial charge >= 0.3 is 0 Å². The maximum absolute atomic E-state index is 12.3. The van der Waals surface area contributed by atoms with Gasteiger partial charge in [0.1, 0.15) is 5.69 Å². The number of carbonyl (C=O) groups is 1. The van der Waals surface area contributed by atoms with Crippen molar-refractivity contribution in [2.45, 2.75) is 0 Å². The fourth-order valence-electron chi connectivity index (χ4n) is 2.95. The molecule has 2 aromatic carbocycles. The Morgan fingerprint density at radius 1 is 1.04 bits per heavy atom. The molecular weight excluding hydrogens is 354 g/mol. The van der Waals surface area contributed by atoms with E-state index in [1.54, 1.807) is 29.2 Å². The van der Waals surface area contributed by atoms with E-state index < -0.39 is 4.92 Å². The molecule has 1 amide bonds. The summed E-state index contributed by atoms with van der Waals surface area (Å²) in [5, 5.41) is 11.6. The fourth-order valence-corrected chi connectivity index (χ4v) is 3.24. The molecule has 7 heteroatoms. The Bertz CT molecular complexity index is 831. The van der Waals surface area contributed by atoms with E-state index in [2.05, 4.69) is 0 Å². The number of nitro groups is 1. The van der Waals surface area contributed by atoms with Crippen LogP contribution in [0.4, 0.5) is 11.4 Å². The summed E-state index contributed by atoms with van der Waals surface area (Å²) in [6, 6.07) is 14.3. The summed E-state index contributed by atoms with van der Waals surface area (Å²) in [6.45, 7) is 1.96. The van der Waals surface area contributed by atoms with E-state index >= 15 is 0 Å². The zero-order valence-corrected chi connectivity index (χ0v) is 14.8. The van der Waals surface area contributed by atoms with E-state index in [0.717, 1.165) is 5.56 Å². The van der Waals surface area contributed by atoms with Gasteiger partial charge in [-0.15, -0.1) is 0 Å². The topological polar surface area (TPSA) is 66.7 Å². The summed E-state index contributed by atoms with van der Waals surface area (Å²) in [6.07, 6.45) is 3.34. The van der Waals surface area contributed by atoms with Gasteiger partial charge < -0.3 is 9.80 Å². The number of halogens is 1. The van der Waals surface area contributed by atoms with Crippen LogP contribution >= 0.6 is 11.6 Å². The number of rotatable bonds is 4. The van der Waals surface area contributed by atoms with Crippen LogP contribution in [0.3, 0.4) is 0 Å². The number of anilines is 1. The van der Waals surface area contributed by atoms with E-state index in [-0.39, 0.29) is 11.6 Å². The molecule has 1 aliphatic heterocycles. The van der Waals surface area contributed by atoms with Crippen molar-refractivity contribution < 1.29 is 9.72 Å². The molecule has 0 aromatic heterocycles. The van der Waals surface area contributed by atoms with Crippen molar-refractivity contribution in [3.05, 3.63) is 75.3 Å². The van der Waals surface area contributed by atoms with E-state index in [0.29, 0.717) is 36.9 Å². The zero-order chi connectivity index (χ0) is 18.5. The first-order chi connectivity index (χ1) is 12.6. The number of para-hydroxylation sites is 1. The quantitative estimate of drug-likeness (QED) is 0.468. The zero-order valence-electron chi connectivity index (χ0n) is 14.0. The van der Waals surface area contributed by atoms with Crippen LogP contribution in [0, 0.1) is 10.1 Å². The lowest BCUT2D eigenvalue weighted by molar-refractivity contribution is -0.384. The predicted octanol–water partition coefficient (Wildman–Crippen LogP) is 3.61. The Balaban J connectivity index is 1.66. The number of benzene rings is 2. The molecule has 0 spiro atoms. The first-order valence-electron chi connectivity index (χ1n) is 8.26. The monoisotopic (exact) mass is 371 g/mol. The average Bonchev–Trinajstić information content (AvgIpc) is 2.67. The molecule has 0 bridgehead atoms. The second kappa shape index (κ2) is 8.01. The molecule has 26 heavy (non-hydrogen) atoms.